The van der Waals surface area contributed by atoms with Crippen LogP contribution < -0.4 is 0 Å². The molecular weight excluding hydrogens is 394 g/mol. The van der Waals surface area contributed by atoms with Crippen molar-refractivity contribution in [2.24, 2.45) is 5.92 Å². The minimum absolute atomic E-state index is 0.0521. The molecule has 3 nitrogen and oxygen atoms in total. The smallest absolute Gasteiger partial charge is 0.166 e. The van der Waals surface area contributed by atoms with Crippen LogP contribution >= 0.6 is 11.6 Å². The first-order valence-electron chi connectivity index (χ1n) is 9.83. The molecule has 0 aliphatic carbocycles. The van der Waals surface area contributed by atoms with E-state index in [0.717, 1.165) is 11.1 Å². The Labute approximate surface area is 180 Å². The molecule has 0 fully saturated rings. The number of pyridine rings is 1. The number of carbonyl (C=O) groups is 2. The Morgan fingerprint density at radius 2 is 1.43 bits per heavy atom. The fourth-order valence-electron chi connectivity index (χ4n) is 3.58. The molecule has 0 saturated heterocycles. The van der Waals surface area contributed by atoms with Crippen molar-refractivity contribution in [3.05, 3.63) is 113 Å². The van der Waals surface area contributed by atoms with Gasteiger partial charge in [0.1, 0.15) is 0 Å². The standard InChI is InChI=1S/C26H20ClNO2/c27-23-13-7-12-19-14-15-22(28-25(19)23)16-21(26(30)20-10-5-2-6-11-20)17-24(29)18-8-3-1-4-9-18/h1-15,21H,16-17H2. The Bertz CT molecular complexity index is 1190. The molecule has 1 unspecified atom stereocenters. The molecule has 0 bridgehead atoms. The van der Waals surface area contributed by atoms with E-state index in [4.69, 9.17) is 11.6 Å². The van der Waals surface area contributed by atoms with E-state index in [0.29, 0.717) is 28.1 Å². The molecule has 0 aliphatic heterocycles. The van der Waals surface area contributed by atoms with Crippen LogP contribution in [0.3, 0.4) is 0 Å². The van der Waals surface area contributed by atoms with Crippen LogP contribution in [0.25, 0.3) is 10.9 Å². The van der Waals surface area contributed by atoms with E-state index in [1.165, 1.54) is 0 Å². The summed E-state index contributed by atoms with van der Waals surface area (Å²) < 4.78 is 0. The van der Waals surface area contributed by atoms with Crippen LogP contribution in [-0.4, -0.2) is 16.6 Å². The highest BCUT2D eigenvalue weighted by molar-refractivity contribution is 6.35. The maximum atomic E-state index is 13.2. The Balaban J connectivity index is 1.65. The molecule has 30 heavy (non-hydrogen) atoms. The number of Topliss-reactive ketones (excluding diaryl/α,β-unsaturated/α-hetero) is 2. The minimum atomic E-state index is -0.507. The highest BCUT2D eigenvalue weighted by Crippen LogP contribution is 2.25. The average Bonchev–Trinajstić information content (AvgIpc) is 2.80. The molecule has 0 N–H and O–H groups in total. The van der Waals surface area contributed by atoms with Gasteiger partial charge in [-0.15, -0.1) is 0 Å². The van der Waals surface area contributed by atoms with Gasteiger partial charge < -0.3 is 0 Å². The van der Waals surface area contributed by atoms with E-state index in [9.17, 15) is 9.59 Å². The number of aromatic nitrogens is 1. The van der Waals surface area contributed by atoms with Gasteiger partial charge in [0.05, 0.1) is 10.5 Å². The number of benzene rings is 3. The number of fused-ring (bicyclic) bond motifs is 1. The Morgan fingerprint density at radius 1 is 0.767 bits per heavy atom. The van der Waals surface area contributed by atoms with E-state index in [-0.39, 0.29) is 18.0 Å². The van der Waals surface area contributed by atoms with Crippen molar-refractivity contribution >= 4 is 34.1 Å². The van der Waals surface area contributed by atoms with Crippen molar-refractivity contribution in [2.45, 2.75) is 12.8 Å². The molecule has 0 spiro atoms. The van der Waals surface area contributed by atoms with Crippen LogP contribution in [0.15, 0.2) is 91.0 Å². The van der Waals surface area contributed by atoms with Crippen LogP contribution in [0.1, 0.15) is 32.8 Å². The largest absolute Gasteiger partial charge is 0.294 e. The van der Waals surface area contributed by atoms with Crippen molar-refractivity contribution in [3.8, 4) is 0 Å². The topological polar surface area (TPSA) is 47.0 Å². The summed E-state index contributed by atoms with van der Waals surface area (Å²) in [6.07, 6.45) is 0.493. The summed E-state index contributed by atoms with van der Waals surface area (Å²) in [7, 11) is 0. The lowest BCUT2D eigenvalue weighted by Gasteiger charge is -2.16. The molecular formula is C26H20ClNO2. The fourth-order valence-corrected chi connectivity index (χ4v) is 3.80. The fraction of sp³-hybridized carbons (Fsp3) is 0.115. The van der Waals surface area contributed by atoms with Gasteiger partial charge in [-0.25, -0.2) is 0 Å². The molecule has 1 aromatic heterocycles. The van der Waals surface area contributed by atoms with E-state index in [2.05, 4.69) is 4.98 Å². The molecule has 4 heteroatoms. The van der Waals surface area contributed by atoms with Gasteiger partial charge in [0.25, 0.3) is 0 Å². The second-order valence-electron chi connectivity index (χ2n) is 7.24. The van der Waals surface area contributed by atoms with Gasteiger partial charge in [0.2, 0.25) is 0 Å². The zero-order valence-corrected chi connectivity index (χ0v) is 17.0. The predicted molar refractivity (Wildman–Crippen MR) is 120 cm³/mol. The molecule has 1 heterocycles. The molecule has 0 radical (unpaired) electrons. The first-order chi connectivity index (χ1) is 14.6. The summed E-state index contributed by atoms with van der Waals surface area (Å²) in [6, 6.07) is 27.7. The van der Waals surface area contributed by atoms with Gasteiger partial charge in [-0.2, -0.15) is 0 Å². The zero-order chi connectivity index (χ0) is 20.9. The Hall–Kier alpha value is -3.30. The van der Waals surface area contributed by atoms with E-state index < -0.39 is 5.92 Å². The second-order valence-corrected chi connectivity index (χ2v) is 7.65. The van der Waals surface area contributed by atoms with Crippen LogP contribution in [-0.2, 0) is 6.42 Å². The normalized spacial score (nSPS) is 11.9. The average molecular weight is 414 g/mol. The number of nitrogens with zero attached hydrogens (tertiary/aromatic N) is 1. The zero-order valence-electron chi connectivity index (χ0n) is 16.3. The monoisotopic (exact) mass is 413 g/mol. The first-order valence-corrected chi connectivity index (χ1v) is 10.2. The van der Waals surface area contributed by atoms with Crippen molar-refractivity contribution < 1.29 is 9.59 Å². The van der Waals surface area contributed by atoms with Crippen molar-refractivity contribution in [2.75, 3.05) is 0 Å². The first kappa shape index (κ1) is 20.0. The number of hydrogen-bond acceptors (Lipinski definition) is 3. The van der Waals surface area contributed by atoms with E-state index in [1.807, 2.05) is 60.7 Å². The number of rotatable bonds is 7. The Morgan fingerprint density at radius 3 is 2.13 bits per heavy atom. The molecule has 0 aliphatic rings. The Kier molecular flexibility index (Phi) is 6.01. The SMILES string of the molecule is O=C(CC(Cc1ccc2cccc(Cl)c2n1)C(=O)c1ccccc1)c1ccccc1. The predicted octanol–water partition coefficient (Wildman–Crippen LogP) is 6.20. The van der Waals surface area contributed by atoms with Crippen molar-refractivity contribution in [3.63, 3.8) is 0 Å². The van der Waals surface area contributed by atoms with Gasteiger partial charge in [-0.05, 0) is 12.1 Å². The van der Waals surface area contributed by atoms with Crippen molar-refractivity contribution in [1.82, 2.24) is 4.98 Å². The van der Waals surface area contributed by atoms with Crippen LogP contribution in [0.2, 0.25) is 5.02 Å². The molecule has 148 valence electrons. The van der Waals surface area contributed by atoms with Gasteiger partial charge in [0.15, 0.2) is 11.6 Å². The highest BCUT2D eigenvalue weighted by Gasteiger charge is 2.25. The van der Waals surface area contributed by atoms with Gasteiger partial charge >= 0.3 is 0 Å². The summed E-state index contributed by atoms with van der Waals surface area (Å²) in [5, 5.41) is 1.51. The minimum Gasteiger partial charge on any atom is -0.294 e. The third kappa shape index (κ3) is 4.47. The lowest BCUT2D eigenvalue weighted by Crippen LogP contribution is -2.22. The molecule has 4 aromatic rings. The van der Waals surface area contributed by atoms with E-state index >= 15 is 0 Å². The van der Waals surface area contributed by atoms with Crippen LogP contribution in [0, 0.1) is 5.92 Å². The molecule has 3 aromatic carbocycles. The van der Waals surface area contributed by atoms with Gasteiger partial charge in [-0.1, -0.05) is 90.5 Å². The van der Waals surface area contributed by atoms with Gasteiger partial charge in [0, 0.05) is 41.0 Å². The van der Waals surface area contributed by atoms with Gasteiger partial charge in [-0.3, -0.25) is 14.6 Å². The van der Waals surface area contributed by atoms with Crippen LogP contribution in [0.5, 0.6) is 0 Å². The lowest BCUT2D eigenvalue weighted by molar-refractivity contribution is 0.0851. The second kappa shape index (κ2) is 9.02. The molecule has 0 amide bonds. The van der Waals surface area contributed by atoms with Crippen LogP contribution in [0.4, 0.5) is 0 Å². The summed E-state index contributed by atoms with van der Waals surface area (Å²) in [5.74, 6) is -0.614. The maximum Gasteiger partial charge on any atom is 0.166 e. The molecule has 1 atom stereocenters. The molecule has 4 rings (SSSR count). The highest BCUT2D eigenvalue weighted by atomic mass is 35.5. The van der Waals surface area contributed by atoms with Crippen molar-refractivity contribution in [1.29, 1.82) is 0 Å². The summed E-state index contributed by atoms with van der Waals surface area (Å²) in [5.41, 5.74) is 2.66. The number of hydrogen-bond donors (Lipinski definition) is 0. The third-order valence-electron chi connectivity index (χ3n) is 5.14. The van der Waals surface area contributed by atoms with E-state index in [1.54, 1.807) is 30.3 Å². The summed E-state index contributed by atoms with van der Waals surface area (Å²) in [4.78, 5) is 30.8. The summed E-state index contributed by atoms with van der Waals surface area (Å²) >= 11 is 6.30. The summed E-state index contributed by atoms with van der Waals surface area (Å²) in [6.45, 7) is 0. The molecule has 0 saturated carbocycles. The lowest BCUT2D eigenvalue weighted by atomic mass is 9.87. The third-order valence-corrected chi connectivity index (χ3v) is 5.45. The number of ketones is 2. The number of halogens is 1. The maximum absolute atomic E-state index is 13.2. The quantitative estimate of drug-likeness (QED) is 0.339. The number of carbonyl (C=O) groups excluding carboxylic acids is 2. The number of para-hydroxylation sites is 1.